The first-order chi connectivity index (χ1) is 0. The SMILES string of the molecule is [Cu].[Pb].[Pb].[Sn]. The minimum Gasteiger partial charge on any atom is 0 e. The van der Waals surface area contributed by atoms with Gasteiger partial charge >= 0.3 is 0 Å². The van der Waals surface area contributed by atoms with Gasteiger partial charge in [0.15, 0.2) is 0 Å². The average molecular weight is 597 g/mol. The van der Waals surface area contributed by atoms with E-state index in [9.17, 15) is 0 Å². The molecule has 0 unspecified atom stereocenters. The summed E-state index contributed by atoms with van der Waals surface area (Å²) in [5.41, 5.74) is 0. The number of hydrogen-bond acceptors (Lipinski definition) is 0. The van der Waals surface area contributed by atoms with Crippen LogP contribution < -0.4 is 0 Å². The molecule has 0 saturated carbocycles. The van der Waals surface area contributed by atoms with Crippen molar-refractivity contribution in [2.45, 2.75) is 0 Å². The number of hydrogen-bond donors (Lipinski definition) is 0. The summed E-state index contributed by atoms with van der Waals surface area (Å²) in [5, 5.41) is 0. The van der Waals surface area contributed by atoms with Crippen molar-refractivity contribution >= 4 is 78.5 Å². The van der Waals surface area contributed by atoms with Crippen molar-refractivity contribution in [3.05, 3.63) is 0 Å². The molecule has 0 aromatic rings. The van der Waals surface area contributed by atoms with Gasteiger partial charge in [0.25, 0.3) is 0 Å². The maximum atomic E-state index is 0. The summed E-state index contributed by atoms with van der Waals surface area (Å²) >= 11 is 0. The van der Waals surface area contributed by atoms with E-state index in [1.165, 1.54) is 0 Å². The van der Waals surface area contributed by atoms with Gasteiger partial charge in [0, 0.05) is 95.6 Å². The van der Waals surface area contributed by atoms with E-state index in [-0.39, 0.29) is 95.6 Å². The van der Waals surface area contributed by atoms with Crippen LogP contribution >= 0.6 is 0 Å². The largest absolute Gasteiger partial charge is 0 e. The fraction of sp³-hybridized carbons (Fsp3) is 0. The molecule has 0 nitrogen and oxygen atoms in total. The molecule has 0 aromatic carbocycles. The van der Waals surface area contributed by atoms with E-state index < -0.39 is 0 Å². The minimum absolute atomic E-state index is 0. The third-order valence-electron chi connectivity index (χ3n) is 0. The van der Waals surface area contributed by atoms with Crippen molar-refractivity contribution in [3.63, 3.8) is 0 Å². The maximum Gasteiger partial charge on any atom is 0 e. The standard InChI is InChI=1S/Cu.2Pb.Sn. The van der Waals surface area contributed by atoms with Gasteiger partial charge in [-0.15, -0.1) is 0 Å². The van der Waals surface area contributed by atoms with Gasteiger partial charge in [-0.25, -0.2) is 0 Å². The summed E-state index contributed by atoms with van der Waals surface area (Å²) in [4.78, 5) is 0. The summed E-state index contributed by atoms with van der Waals surface area (Å²) in [7, 11) is 0. The molecule has 0 fully saturated rings. The van der Waals surface area contributed by atoms with Crippen LogP contribution in [0.3, 0.4) is 0 Å². The van der Waals surface area contributed by atoms with E-state index in [0.29, 0.717) is 0 Å². The van der Waals surface area contributed by atoms with Crippen LogP contribution in [0.1, 0.15) is 0 Å². The molecule has 0 aromatic heterocycles. The normalized spacial score (nSPS) is 0. The fourth-order valence-corrected chi connectivity index (χ4v) is 0. The third kappa shape index (κ3) is 8.94. The van der Waals surface area contributed by atoms with Gasteiger partial charge in [0.1, 0.15) is 0 Å². The average Bonchev–Trinajstić information content (AvgIpc) is 0. The Morgan fingerprint density at radius 2 is 0.750 bits per heavy atom. The molecule has 0 aliphatic rings. The Labute approximate surface area is 93.6 Å². The predicted octanol–water partition coefficient (Wildman–Crippen LogP) is -1.14. The van der Waals surface area contributed by atoms with E-state index >= 15 is 0 Å². The van der Waals surface area contributed by atoms with Gasteiger partial charge in [-0.2, -0.15) is 0 Å². The molecule has 4 heteroatoms. The summed E-state index contributed by atoms with van der Waals surface area (Å²) < 4.78 is 0. The Kier molecular flexibility index (Phi) is 112. The van der Waals surface area contributed by atoms with Crippen LogP contribution in [0.5, 0.6) is 0 Å². The molecule has 0 spiro atoms. The summed E-state index contributed by atoms with van der Waals surface area (Å²) in [6.07, 6.45) is 0. The van der Waals surface area contributed by atoms with Crippen LogP contribution in [0.25, 0.3) is 0 Å². The van der Waals surface area contributed by atoms with E-state index in [1.807, 2.05) is 0 Å². The second-order valence-corrected chi connectivity index (χ2v) is 0. The molecule has 0 amide bonds. The second kappa shape index (κ2) is 16.4. The topological polar surface area (TPSA) is 0 Å². The molecule has 0 bridgehead atoms. The van der Waals surface area contributed by atoms with Gasteiger partial charge < -0.3 is 0 Å². The molecule has 0 N–H and O–H groups in total. The zero-order valence-corrected chi connectivity index (χ0v) is 13.4. The summed E-state index contributed by atoms with van der Waals surface area (Å²) in [6, 6.07) is 0. The Balaban J connectivity index is 0. The quantitative estimate of drug-likeness (QED) is 0.311. The van der Waals surface area contributed by atoms with Crippen molar-refractivity contribution < 1.29 is 17.1 Å². The van der Waals surface area contributed by atoms with Gasteiger partial charge in [0.2, 0.25) is 0 Å². The third-order valence-corrected chi connectivity index (χ3v) is 0. The molecule has 4 heavy (non-hydrogen) atoms. The zero-order valence-electron chi connectivity index (χ0n) is 1.80. The first kappa shape index (κ1) is 27.2. The summed E-state index contributed by atoms with van der Waals surface area (Å²) in [5.74, 6) is 0. The second-order valence-electron chi connectivity index (χ2n) is 0. The van der Waals surface area contributed by atoms with Crippen molar-refractivity contribution in [3.8, 4) is 0 Å². The van der Waals surface area contributed by atoms with Crippen molar-refractivity contribution in [1.29, 1.82) is 0 Å². The summed E-state index contributed by atoms with van der Waals surface area (Å²) in [6.45, 7) is 0. The molecule has 13 radical (unpaired) electrons. The molecular weight excluding hydrogens is 597 g/mol. The van der Waals surface area contributed by atoms with Crippen molar-refractivity contribution in [1.82, 2.24) is 0 Å². The predicted molar refractivity (Wildman–Crippen MR) is 17.3 cm³/mol. The van der Waals surface area contributed by atoms with Gasteiger partial charge in [-0.1, -0.05) is 0 Å². The van der Waals surface area contributed by atoms with Gasteiger partial charge in [-0.05, 0) is 0 Å². The molecule has 23 valence electrons. The first-order valence-electron chi connectivity index (χ1n) is 0. The monoisotopic (exact) mass is 599 g/mol. The van der Waals surface area contributed by atoms with Crippen LogP contribution in [0.15, 0.2) is 0 Å². The molecular formula is CuPb2Sn. The minimum atomic E-state index is 0. The van der Waals surface area contributed by atoms with E-state index in [0.717, 1.165) is 0 Å². The number of rotatable bonds is 0. The molecule has 0 atom stereocenters. The zero-order chi connectivity index (χ0) is 0. The molecule has 0 saturated heterocycles. The Morgan fingerprint density at radius 3 is 0.750 bits per heavy atom. The molecule has 0 aliphatic heterocycles. The van der Waals surface area contributed by atoms with Crippen molar-refractivity contribution in [2.24, 2.45) is 0 Å². The fourth-order valence-electron chi connectivity index (χ4n) is 0. The Bertz CT molecular complexity index is 6.00. The van der Waals surface area contributed by atoms with E-state index in [2.05, 4.69) is 0 Å². The molecule has 0 heterocycles. The maximum absolute atomic E-state index is 0. The van der Waals surface area contributed by atoms with Crippen LogP contribution in [0.2, 0.25) is 0 Å². The Morgan fingerprint density at radius 1 is 0.750 bits per heavy atom. The van der Waals surface area contributed by atoms with Crippen LogP contribution in [0.4, 0.5) is 0 Å². The van der Waals surface area contributed by atoms with Crippen LogP contribution in [-0.4, -0.2) is 78.5 Å². The molecule has 0 aliphatic carbocycles. The van der Waals surface area contributed by atoms with E-state index in [4.69, 9.17) is 0 Å². The Hall–Kier alpha value is 3.16. The van der Waals surface area contributed by atoms with E-state index in [1.54, 1.807) is 0 Å². The van der Waals surface area contributed by atoms with Gasteiger partial charge in [-0.3, -0.25) is 0 Å². The first-order valence-corrected chi connectivity index (χ1v) is 0. The van der Waals surface area contributed by atoms with Crippen LogP contribution in [-0.2, 0) is 17.1 Å². The molecule has 0 rings (SSSR count). The smallest absolute Gasteiger partial charge is 0 e. The van der Waals surface area contributed by atoms with Crippen molar-refractivity contribution in [2.75, 3.05) is 0 Å². The van der Waals surface area contributed by atoms with Crippen LogP contribution in [0, 0.1) is 0 Å². The van der Waals surface area contributed by atoms with Gasteiger partial charge in [0.05, 0.1) is 0 Å².